The van der Waals surface area contributed by atoms with E-state index in [2.05, 4.69) is 10.6 Å². The second kappa shape index (κ2) is 11.6. The summed E-state index contributed by atoms with van der Waals surface area (Å²) in [5.74, 6) is -1.14. The molecule has 7 heteroatoms. The van der Waals surface area contributed by atoms with Crippen molar-refractivity contribution < 1.29 is 19.1 Å². The maximum absolute atomic E-state index is 12.5. The van der Waals surface area contributed by atoms with Crippen LogP contribution in [-0.2, 0) is 20.9 Å². The molecule has 0 spiro atoms. The number of likely N-dealkylation sites (N-methyl/N-ethyl adjacent to an activating group) is 1. The number of ether oxygens (including phenoxy) is 1. The lowest BCUT2D eigenvalue weighted by atomic mass is 10.1. The lowest BCUT2D eigenvalue weighted by Gasteiger charge is -2.23. The molecule has 0 bridgehead atoms. The second-order valence-corrected chi connectivity index (χ2v) is 7.19. The maximum atomic E-state index is 12.5. The molecule has 0 radical (unpaired) electrons. The van der Waals surface area contributed by atoms with E-state index in [-0.39, 0.29) is 18.4 Å². The Hall–Kier alpha value is -3.35. The third-order valence-corrected chi connectivity index (χ3v) is 4.53. The monoisotopic (exact) mass is 411 g/mol. The van der Waals surface area contributed by atoms with Crippen molar-refractivity contribution in [3.05, 3.63) is 66.2 Å². The Morgan fingerprint density at radius 1 is 0.967 bits per heavy atom. The highest BCUT2D eigenvalue weighted by Crippen LogP contribution is 2.09. The Morgan fingerprint density at radius 2 is 1.57 bits per heavy atom. The molecule has 2 N–H and O–H groups in total. The van der Waals surface area contributed by atoms with E-state index >= 15 is 0 Å². The lowest BCUT2D eigenvalue weighted by molar-refractivity contribution is -0.154. The molecule has 30 heavy (non-hydrogen) atoms. The molecule has 2 aromatic rings. The number of amides is 3. The predicted molar refractivity (Wildman–Crippen MR) is 116 cm³/mol. The van der Waals surface area contributed by atoms with Crippen LogP contribution in [-0.4, -0.2) is 42.0 Å². The molecule has 0 unspecified atom stereocenters. The number of urea groups is 1. The number of carbonyl (C=O) groups excluding carboxylic acids is 3. The van der Waals surface area contributed by atoms with Gasteiger partial charge in [0.15, 0.2) is 6.61 Å². The smallest absolute Gasteiger partial charge is 0.329 e. The van der Waals surface area contributed by atoms with Crippen LogP contribution in [0.3, 0.4) is 0 Å². The summed E-state index contributed by atoms with van der Waals surface area (Å²) in [7, 11) is 0. The van der Waals surface area contributed by atoms with Gasteiger partial charge in [0.1, 0.15) is 6.04 Å². The molecule has 0 saturated heterocycles. The van der Waals surface area contributed by atoms with Gasteiger partial charge in [0.2, 0.25) is 0 Å². The number of hydrogen-bond donors (Lipinski definition) is 2. The Labute approximate surface area is 177 Å². The van der Waals surface area contributed by atoms with Gasteiger partial charge in [-0.3, -0.25) is 4.79 Å². The number of para-hydroxylation sites is 1. The van der Waals surface area contributed by atoms with E-state index in [0.29, 0.717) is 18.8 Å². The molecular weight excluding hydrogens is 382 g/mol. The molecule has 0 aliphatic rings. The van der Waals surface area contributed by atoms with Crippen LogP contribution in [0.2, 0.25) is 0 Å². The second-order valence-electron chi connectivity index (χ2n) is 7.19. The summed E-state index contributed by atoms with van der Waals surface area (Å²) in [4.78, 5) is 38.8. The van der Waals surface area contributed by atoms with Crippen LogP contribution in [0.25, 0.3) is 0 Å². The Bertz CT molecular complexity index is 825. The van der Waals surface area contributed by atoms with E-state index in [4.69, 9.17) is 4.74 Å². The molecule has 2 rings (SSSR count). The van der Waals surface area contributed by atoms with Crippen LogP contribution in [0.5, 0.6) is 0 Å². The quantitative estimate of drug-likeness (QED) is 0.619. The molecule has 3 amide bonds. The number of carbonyl (C=O) groups is 3. The molecule has 160 valence electrons. The first-order valence-electron chi connectivity index (χ1n) is 10.0. The van der Waals surface area contributed by atoms with Crippen molar-refractivity contribution in [1.82, 2.24) is 10.2 Å². The fourth-order valence-electron chi connectivity index (χ4n) is 2.82. The first-order chi connectivity index (χ1) is 14.4. The average Bonchev–Trinajstić information content (AvgIpc) is 2.75. The van der Waals surface area contributed by atoms with Crippen molar-refractivity contribution in [2.24, 2.45) is 5.92 Å². The first kappa shape index (κ1) is 22.9. The Kier molecular flexibility index (Phi) is 8.87. The molecular formula is C23H29N3O4. The number of hydrogen-bond acceptors (Lipinski definition) is 4. The molecule has 0 saturated carbocycles. The number of nitrogens with one attached hydrogen (secondary N) is 2. The molecule has 2 aromatic carbocycles. The molecule has 7 nitrogen and oxygen atoms in total. The molecule has 0 aromatic heterocycles. The highest BCUT2D eigenvalue weighted by atomic mass is 16.5. The SMILES string of the molecule is CCN(Cc1ccccc1)C(=O)COC(=O)[C@@H](NC(=O)Nc1ccccc1)C(C)C. The zero-order chi connectivity index (χ0) is 21.9. The molecule has 0 aliphatic carbocycles. The van der Waals surface area contributed by atoms with E-state index < -0.39 is 18.0 Å². The zero-order valence-electron chi connectivity index (χ0n) is 17.6. The van der Waals surface area contributed by atoms with Gasteiger partial charge in [0.05, 0.1) is 0 Å². The summed E-state index contributed by atoms with van der Waals surface area (Å²) in [5, 5.41) is 5.29. The Balaban J connectivity index is 1.89. The van der Waals surface area contributed by atoms with Gasteiger partial charge in [-0.15, -0.1) is 0 Å². The molecule has 0 heterocycles. The third-order valence-electron chi connectivity index (χ3n) is 4.53. The third kappa shape index (κ3) is 7.24. The highest BCUT2D eigenvalue weighted by molar-refractivity contribution is 5.93. The number of esters is 1. The summed E-state index contributed by atoms with van der Waals surface area (Å²) < 4.78 is 5.23. The topological polar surface area (TPSA) is 87.7 Å². The van der Waals surface area contributed by atoms with Gasteiger partial charge < -0.3 is 20.3 Å². The summed E-state index contributed by atoms with van der Waals surface area (Å²) in [5.41, 5.74) is 1.61. The predicted octanol–water partition coefficient (Wildman–Crippen LogP) is 3.42. The standard InChI is InChI=1S/C23H29N3O4/c1-4-26(15-18-11-7-5-8-12-18)20(27)16-30-22(28)21(17(2)3)25-23(29)24-19-13-9-6-10-14-19/h5-14,17,21H,4,15-16H2,1-3H3,(H2,24,25,29)/t21-/m0/s1. The highest BCUT2D eigenvalue weighted by Gasteiger charge is 2.27. The number of benzene rings is 2. The fourth-order valence-corrected chi connectivity index (χ4v) is 2.82. The molecule has 0 aliphatic heterocycles. The van der Waals surface area contributed by atoms with Crippen LogP contribution in [0.1, 0.15) is 26.3 Å². The van der Waals surface area contributed by atoms with Gasteiger partial charge in [-0.05, 0) is 30.5 Å². The summed E-state index contributed by atoms with van der Waals surface area (Å²) in [6.45, 7) is 6.03. The summed E-state index contributed by atoms with van der Waals surface area (Å²) in [6, 6.07) is 17.1. The first-order valence-corrected chi connectivity index (χ1v) is 10.0. The van der Waals surface area contributed by atoms with Crippen molar-refractivity contribution >= 4 is 23.6 Å². The van der Waals surface area contributed by atoms with Crippen molar-refractivity contribution in [1.29, 1.82) is 0 Å². The largest absolute Gasteiger partial charge is 0.454 e. The van der Waals surface area contributed by atoms with Gasteiger partial charge in [-0.1, -0.05) is 62.4 Å². The van der Waals surface area contributed by atoms with Crippen molar-refractivity contribution in [2.45, 2.75) is 33.4 Å². The zero-order valence-corrected chi connectivity index (χ0v) is 17.6. The maximum Gasteiger partial charge on any atom is 0.329 e. The van der Waals surface area contributed by atoms with Crippen LogP contribution >= 0.6 is 0 Å². The van der Waals surface area contributed by atoms with Gasteiger partial charge in [-0.25, -0.2) is 9.59 Å². The average molecular weight is 412 g/mol. The van der Waals surface area contributed by atoms with Crippen LogP contribution < -0.4 is 10.6 Å². The van der Waals surface area contributed by atoms with E-state index in [0.717, 1.165) is 5.56 Å². The number of rotatable bonds is 9. The summed E-state index contributed by atoms with van der Waals surface area (Å²) in [6.07, 6.45) is 0. The van der Waals surface area contributed by atoms with Crippen LogP contribution in [0, 0.1) is 5.92 Å². The number of anilines is 1. The van der Waals surface area contributed by atoms with Crippen molar-refractivity contribution in [3.63, 3.8) is 0 Å². The summed E-state index contributed by atoms with van der Waals surface area (Å²) >= 11 is 0. The van der Waals surface area contributed by atoms with Gasteiger partial charge >= 0.3 is 12.0 Å². The molecule has 1 atom stereocenters. The van der Waals surface area contributed by atoms with Crippen molar-refractivity contribution in [3.8, 4) is 0 Å². The number of nitrogens with zero attached hydrogens (tertiary/aromatic N) is 1. The van der Waals surface area contributed by atoms with Crippen LogP contribution in [0.4, 0.5) is 10.5 Å². The van der Waals surface area contributed by atoms with E-state index in [9.17, 15) is 14.4 Å². The van der Waals surface area contributed by atoms with E-state index in [1.807, 2.05) is 43.3 Å². The normalized spacial score (nSPS) is 11.5. The van der Waals surface area contributed by atoms with Gasteiger partial charge in [0.25, 0.3) is 5.91 Å². The minimum atomic E-state index is -0.870. The van der Waals surface area contributed by atoms with E-state index in [1.54, 1.807) is 43.0 Å². The van der Waals surface area contributed by atoms with Gasteiger partial charge in [0, 0.05) is 18.8 Å². The minimum Gasteiger partial charge on any atom is -0.454 e. The minimum absolute atomic E-state index is 0.208. The Morgan fingerprint density at radius 3 is 2.13 bits per heavy atom. The van der Waals surface area contributed by atoms with Crippen molar-refractivity contribution in [2.75, 3.05) is 18.5 Å². The van der Waals surface area contributed by atoms with Gasteiger partial charge in [-0.2, -0.15) is 0 Å². The molecule has 0 fully saturated rings. The lowest BCUT2D eigenvalue weighted by Crippen LogP contribution is -2.47. The van der Waals surface area contributed by atoms with Crippen LogP contribution in [0.15, 0.2) is 60.7 Å². The van der Waals surface area contributed by atoms with E-state index in [1.165, 1.54) is 0 Å². The fraction of sp³-hybridized carbons (Fsp3) is 0.348.